The second-order valence-electron chi connectivity index (χ2n) is 3.86. The average molecular weight is 263 g/mol. The Bertz CT molecular complexity index is 634. The number of fused-ring (bicyclic) bond motifs is 1. The fraction of sp³-hybridized carbons (Fsp3) is 0.182. The van der Waals surface area contributed by atoms with Crippen molar-refractivity contribution >= 4 is 23.0 Å². The summed E-state index contributed by atoms with van der Waals surface area (Å²) < 4.78 is 1.82. The van der Waals surface area contributed by atoms with Crippen LogP contribution in [0.4, 0.5) is 4.79 Å². The van der Waals surface area contributed by atoms with Gasteiger partial charge in [0, 0.05) is 36.4 Å². The van der Waals surface area contributed by atoms with E-state index in [0.717, 1.165) is 5.39 Å². The van der Waals surface area contributed by atoms with E-state index in [2.05, 4.69) is 15.5 Å². The normalized spacial score (nSPS) is 11.7. The molecule has 0 radical (unpaired) electrons. The first kappa shape index (κ1) is 12.7. The number of rotatable bonds is 4. The summed E-state index contributed by atoms with van der Waals surface area (Å²) in [5.41, 5.74) is 6.72. The molecular formula is C11H13N5O3. The smallest absolute Gasteiger partial charge is 0.404 e. The maximum Gasteiger partial charge on any atom is 0.404 e. The molecule has 0 saturated heterocycles. The third kappa shape index (κ3) is 2.73. The Morgan fingerprint density at radius 1 is 1.58 bits per heavy atom. The third-order valence-corrected chi connectivity index (χ3v) is 2.63. The fourth-order valence-corrected chi connectivity index (χ4v) is 1.74. The van der Waals surface area contributed by atoms with Crippen molar-refractivity contribution in [2.75, 3.05) is 6.54 Å². The number of nitrogens with two attached hydrogens (primary N) is 1. The first-order valence-electron chi connectivity index (χ1n) is 5.51. The lowest BCUT2D eigenvalue weighted by Gasteiger charge is -2.05. The number of amidine groups is 1. The van der Waals surface area contributed by atoms with Crippen LogP contribution in [0.5, 0.6) is 0 Å². The number of oxime groups is 1. The van der Waals surface area contributed by atoms with Gasteiger partial charge in [-0.1, -0.05) is 5.16 Å². The summed E-state index contributed by atoms with van der Waals surface area (Å²) >= 11 is 0. The van der Waals surface area contributed by atoms with Crippen LogP contribution in [0.25, 0.3) is 11.0 Å². The fourth-order valence-electron chi connectivity index (χ4n) is 1.74. The van der Waals surface area contributed by atoms with E-state index < -0.39 is 6.09 Å². The number of nitrogens with one attached hydrogen (secondary N) is 1. The number of carbonyl (C=O) groups is 1. The van der Waals surface area contributed by atoms with Crippen molar-refractivity contribution in [3.05, 3.63) is 30.1 Å². The molecule has 8 nitrogen and oxygen atoms in total. The topological polar surface area (TPSA) is 126 Å². The summed E-state index contributed by atoms with van der Waals surface area (Å²) in [6, 6.07) is 3.58. The van der Waals surface area contributed by atoms with Gasteiger partial charge in [-0.3, -0.25) is 0 Å². The minimum absolute atomic E-state index is 0.00491. The molecule has 0 spiro atoms. The highest BCUT2D eigenvalue weighted by Gasteiger charge is 2.06. The van der Waals surface area contributed by atoms with E-state index in [0.29, 0.717) is 24.3 Å². The van der Waals surface area contributed by atoms with Crippen LogP contribution in [0.2, 0.25) is 0 Å². The Kier molecular flexibility index (Phi) is 3.51. The van der Waals surface area contributed by atoms with Crippen LogP contribution in [0.3, 0.4) is 0 Å². The molecule has 2 aromatic rings. The third-order valence-electron chi connectivity index (χ3n) is 2.63. The van der Waals surface area contributed by atoms with E-state index in [1.807, 2.05) is 10.6 Å². The van der Waals surface area contributed by atoms with Crippen LogP contribution in [0, 0.1) is 0 Å². The summed E-state index contributed by atoms with van der Waals surface area (Å²) in [7, 11) is 0. The highest BCUT2D eigenvalue weighted by Crippen LogP contribution is 2.14. The SMILES string of the molecule is NC(=NO)c1cnc2c(ccn2CCNC(=O)O)c1. The second kappa shape index (κ2) is 5.25. The Hall–Kier alpha value is -2.77. The van der Waals surface area contributed by atoms with Crippen molar-refractivity contribution in [3.8, 4) is 0 Å². The predicted octanol–water partition coefficient (Wildman–Crippen LogP) is 0.398. The van der Waals surface area contributed by atoms with Gasteiger partial charge in [0.05, 0.1) is 0 Å². The summed E-state index contributed by atoms with van der Waals surface area (Å²) in [5.74, 6) is -0.00491. The van der Waals surface area contributed by atoms with E-state index in [9.17, 15) is 4.79 Å². The molecule has 0 aliphatic rings. The van der Waals surface area contributed by atoms with E-state index in [4.69, 9.17) is 16.0 Å². The van der Waals surface area contributed by atoms with Gasteiger partial charge in [0.25, 0.3) is 0 Å². The summed E-state index contributed by atoms with van der Waals surface area (Å²) in [5, 5.41) is 23.1. The minimum atomic E-state index is -1.06. The van der Waals surface area contributed by atoms with Gasteiger partial charge in [-0.2, -0.15) is 0 Å². The van der Waals surface area contributed by atoms with Gasteiger partial charge < -0.3 is 25.9 Å². The second-order valence-corrected chi connectivity index (χ2v) is 3.86. The molecule has 100 valence electrons. The maximum atomic E-state index is 10.4. The standard InChI is InChI=1S/C11H13N5O3/c12-9(15-19)8-5-7-1-3-16(10(7)14-6-8)4-2-13-11(17)18/h1,3,5-6,13,19H,2,4H2,(H2,12,15)(H,17,18). The van der Waals surface area contributed by atoms with Gasteiger partial charge >= 0.3 is 6.09 Å². The van der Waals surface area contributed by atoms with Crippen LogP contribution < -0.4 is 11.1 Å². The van der Waals surface area contributed by atoms with Gasteiger partial charge in [0.1, 0.15) is 5.65 Å². The van der Waals surface area contributed by atoms with Gasteiger partial charge in [-0.15, -0.1) is 0 Å². The average Bonchev–Trinajstić information content (AvgIpc) is 2.80. The Balaban J connectivity index is 2.22. The van der Waals surface area contributed by atoms with Gasteiger partial charge in [0.15, 0.2) is 5.84 Å². The molecule has 0 unspecified atom stereocenters. The number of pyridine rings is 1. The largest absolute Gasteiger partial charge is 0.465 e. The Labute approximate surface area is 108 Å². The van der Waals surface area contributed by atoms with Crippen molar-refractivity contribution in [3.63, 3.8) is 0 Å². The number of carboxylic acid groups (broad SMARTS) is 1. The Morgan fingerprint density at radius 3 is 3.05 bits per heavy atom. The zero-order valence-electron chi connectivity index (χ0n) is 9.95. The Morgan fingerprint density at radius 2 is 2.37 bits per heavy atom. The van der Waals surface area contributed by atoms with Crippen LogP contribution >= 0.6 is 0 Å². The van der Waals surface area contributed by atoms with Crippen molar-refractivity contribution in [1.29, 1.82) is 0 Å². The molecule has 2 rings (SSSR count). The molecule has 0 aliphatic carbocycles. The predicted molar refractivity (Wildman–Crippen MR) is 68.3 cm³/mol. The van der Waals surface area contributed by atoms with Crippen molar-refractivity contribution in [1.82, 2.24) is 14.9 Å². The molecule has 0 fully saturated rings. The molecule has 19 heavy (non-hydrogen) atoms. The molecular weight excluding hydrogens is 250 g/mol. The molecule has 0 saturated carbocycles. The van der Waals surface area contributed by atoms with E-state index in [1.54, 1.807) is 12.3 Å². The highest BCUT2D eigenvalue weighted by atomic mass is 16.4. The van der Waals surface area contributed by atoms with E-state index in [-0.39, 0.29) is 5.84 Å². The number of nitrogens with zero attached hydrogens (tertiary/aromatic N) is 3. The summed E-state index contributed by atoms with van der Waals surface area (Å²) in [6.07, 6.45) is 2.24. The summed E-state index contributed by atoms with van der Waals surface area (Å²) in [4.78, 5) is 14.6. The molecule has 0 aromatic carbocycles. The van der Waals surface area contributed by atoms with Gasteiger partial charge in [-0.05, 0) is 12.1 Å². The molecule has 8 heteroatoms. The van der Waals surface area contributed by atoms with Crippen LogP contribution in [0.1, 0.15) is 5.56 Å². The minimum Gasteiger partial charge on any atom is -0.465 e. The lowest BCUT2D eigenvalue weighted by Crippen LogP contribution is -2.25. The molecule has 0 bridgehead atoms. The van der Waals surface area contributed by atoms with E-state index in [1.165, 1.54) is 6.20 Å². The van der Waals surface area contributed by atoms with Crippen molar-refractivity contribution in [2.45, 2.75) is 6.54 Å². The van der Waals surface area contributed by atoms with Crippen LogP contribution in [-0.4, -0.2) is 38.3 Å². The van der Waals surface area contributed by atoms with Crippen LogP contribution in [-0.2, 0) is 6.54 Å². The molecule has 2 heterocycles. The highest BCUT2D eigenvalue weighted by molar-refractivity contribution is 5.99. The zero-order valence-corrected chi connectivity index (χ0v) is 9.95. The first-order valence-corrected chi connectivity index (χ1v) is 5.51. The van der Waals surface area contributed by atoms with Crippen LogP contribution in [0.15, 0.2) is 29.7 Å². The maximum absolute atomic E-state index is 10.4. The van der Waals surface area contributed by atoms with Gasteiger partial charge in [0.2, 0.25) is 0 Å². The monoisotopic (exact) mass is 263 g/mol. The van der Waals surface area contributed by atoms with E-state index >= 15 is 0 Å². The molecule has 1 amide bonds. The zero-order chi connectivity index (χ0) is 13.8. The van der Waals surface area contributed by atoms with Gasteiger partial charge in [-0.25, -0.2) is 9.78 Å². The lowest BCUT2D eigenvalue weighted by atomic mass is 10.2. The molecule has 0 atom stereocenters. The molecule has 0 aliphatic heterocycles. The van der Waals surface area contributed by atoms with Crippen molar-refractivity contribution < 1.29 is 15.1 Å². The molecule has 2 aromatic heterocycles. The lowest BCUT2D eigenvalue weighted by molar-refractivity contribution is 0.194. The number of hydrogen-bond acceptors (Lipinski definition) is 4. The number of aromatic nitrogens is 2. The number of hydrogen-bond donors (Lipinski definition) is 4. The summed E-state index contributed by atoms with van der Waals surface area (Å²) in [6.45, 7) is 0.772. The molecule has 5 N–H and O–H groups in total. The quantitative estimate of drug-likeness (QED) is 0.275. The number of amides is 1. The first-order chi connectivity index (χ1) is 9.11. The van der Waals surface area contributed by atoms with Crippen molar-refractivity contribution in [2.24, 2.45) is 10.9 Å².